The van der Waals surface area contributed by atoms with E-state index < -0.39 is 5.72 Å². The summed E-state index contributed by atoms with van der Waals surface area (Å²) >= 11 is 0. The van der Waals surface area contributed by atoms with Gasteiger partial charge < -0.3 is 15.9 Å². The topological polar surface area (TPSA) is 92.5 Å². The molecule has 0 aliphatic heterocycles. The number of allylic oxidation sites excluding steroid dienone is 2. The van der Waals surface area contributed by atoms with E-state index in [0.29, 0.717) is 11.3 Å². The molecular formula is C12H14N2O2. The predicted octanol–water partition coefficient (Wildman–Crippen LogP) is 1.15. The fourth-order valence-corrected chi connectivity index (χ4v) is 1.67. The number of hydrogen-bond donors (Lipinski definition) is 4. The van der Waals surface area contributed by atoms with Gasteiger partial charge >= 0.3 is 0 Å². The minimum Gasteiger partial charge on any atom is -0.511 e. The molecule has 0 bridgehead atoms. The number of aliphatic hydroxyl groups excluding tert-OH is 1. The number of anilines is 1. The Bertz CT molecular complexity index is 458. The molecule has 16 heavy (non-hydrogen) atoms. The summed E-state index contributed by atoms with van der Waals surface area (Å²) in [6, 6.07) is 7.14. The molecule has 1 aliphatic carbocycles. The Morgan fingerprint density at radius 2 is 1.81 bits per heavy atom. The third-order valence-corrected chi connectivity index (χ3v) is 2.52. The molecule has 1 unspecified atom stereocenters. The normalized spacial score (nSPS) is 24.9. The third kappa shape index (κ3) is 2.08. The molecule has 84 valence electrons. The molecule has 0 heterocycles. The van der Waals surface area contributed by atoms with Crippen LogP contribution in [0.15, 0.2) is 42.2 Å². The summed E-state index contributed by atoms with van der Waals surface area (Å²) in [5.74, 6) is 0.0808. The Morgan fingerprint density at radius 1 is 1.19 bits per heavy atom. The Labute approximate surface area is 93.5 Å². The second kappa shape index (κ2) is 3.66. The number of nitrogen functional groups attached to an aromatic ring is 1. The van der Waals surface area contributed by atoms with Gasteiger partial charge in [-0.1, -0.05) is 18.2 Å². The molecule has 6 N–H and O–H groups in total. The van der Waals surface area contributed by atoms with Crippen LogP contribution in [0.3, 0.4) is 0 Å². The molecule has 1 aromatic rings. The molecule has 1 aliphatic rings. The zero-order chi connectivity index (χ0) is 11.8. The van der Waals surface area contributed by atoms with E-state index in [1.807, 2.05) is 12.1 Å². The largest absolute Gasteiger partial charge is 0.511 e. The van der Waals surface area contributed by atoms with Crippen LogP contribution in [0.2, 0.25) is 0 Å². The summed E-state index contributed by atoms with van der Waals surface area (Å²) in [6.45, 7) is 0. The SMILES string of the molecule is Nc1ccc(C2=C(O)CC(N)(O)C=C2)cc1. The number of rotatable bonds is 1. The third-order valence-electron chi connectivity index (χ3n) is 2.52. The molecule has 0 fully saturated rings. The van der Waals surface area contributed by atoms with E-state index in [9.17, 15) is 10.2 Å². The summed E-state index contributed by atoms with van der Waals surface area (Å²) in [7, 11) is 0. The molecule has 4 heteroatoms. The summed E-state index contributed by atoms with van der Waals surface area (Å²) in [4.78, 5) is 0. The monoisotopic (exact) mass is 218 g/mol. The van der Waals surface area contributed by atoms with Gasteiger partial charge in [-0.05, 0) is 23.8 Å². The summed E-state index contributed by atoms with van der Waals surface area (Å²) in [6.07, 6.45) is 3.10. The highest BCUT2D eigenvalue weighted by molar-refractivity contribution is 5.77. The molecule has 0 amide bonds. The lowest BCUT2D eigenvalue weighted by Crippen LogP contribution is -2.39. The molecular weight excluding hydrogens is 204 g/mol. The molecule has 0 saturated heterocycles. The van der Waals surface area contributed by atoms with Crippen LogP contribution in [-0.2, 0) is 0 Å². The smallest absolute Gasteiger partial charge is 0.140 e. The van der Waals surface area contributed by atoms with Gasteiger partial charge in [0.2, 0.25) is 0 Å². The van der Waals surface area contributed by atoms with Crippen molar-refractivity contribution in [1.29, 1.82) is 0 Å². The van der Waals surface area contributed by atoms with Crippen molar-refractivity contribution in [2.24, 2.45) is 5.73 Å². The van der Waals surface area contributed by atoms with Crippen LogP contribution in [0.25, 0.3) is 5.57 Å². The van der Waals surface area contributed by atoms with Crippen molar-refractivity contribution in [3.8, 4) is 0 Å². The first-order valence-corrected chi connectivity index (χ1v) is 4.96. The van der Waals surface area contributed by atoms with Gasteiger partial charge in [0.05, 0.1) is 6.42 Å². The van der Waals surface area contributed by atoms with Crippen LogP contribution >= 0.6 is 0 Å². The first-order valence-electron chi connectivity index (χ1n) is 4.96. The first kappa shape index (κ1) is 10.7. The van der Waals surface area contributed by atoms with Crippen LogP contribution < -0.4 is 11.5 Å². The lowest BCUT2D eigenvalue weighted by atomic mass is 9.94. The minimum atomic E-state index is -1.46. The van der Waals surface area contributed by atoms with Crippen molar-refractivity contribution in [2.45, 2.75) is 12.1 Å². The minimum absolute atomic E-state index is 0.0171. The average molecular weight is 218 g/mol. The van der Waals surface area contributed by atoms with Gasteiger partial charge in [0.25, 0.3) is 0 Å². The van der Waals surface area contributed by atoms with Gasteiger partial charge in [0, 0.05) is 11.3 Å². The maximum absolute atomic E-state index is 9.78. The fourth-order valence-electron chi connectivity index (χ4n) is 1.67. The predicted molar refractivity (Wildman–Crippen MR) is 63.3 cm³/mol. The second-order valence-electron chi connectivity index (χ2n) is 3.98. The van der Waals surface area contributed by atoms with Crippen molar-refractivity contribution in [3.05, 3.63) is 47.7 Å². The van der Waals surface area contributed by atoms with Crippen molar-refractivity contribution >= 4 is 11.3 Å². The molecule has 0 radical (unpaired) electrons. The van der Waals surface area contributed by atoms with Gasteiger partial charge in [0.15, 0.2) is 0 Å². The number of aliphatic hydroxyl groups is 2. The van der Waals surface area contributed by atoms with E-state index in [-0.39, 0.29) is 12.2 Å². The van der Waals surface area contributed by atoms with Gasteiger partial charge in [0.1, 0.15) is 11.5 Å². The van der Waals surface area contributed by atoms with E-state index in [0.717, 1.165) is 5.56 Å². The maximum atomic E-state index is 9.78. The molecule has 1 atom stereocenters. The number of hydrogen-bond acceptors (Lipinski definition) is 4. The van der Waals surface area contributed by atoms with Crippen molar-refractivity contribution in [1.82, 2.24) is 0 Å². The fraction of sp³-hybridized carbons (Fsp3) is 0.167. The van der Waals surface area contributed by atoms with Crippen LogP contribution in [0.4, 0.5) is 5.69 Å². The molecule has 0 spiro atoms. The van der Waals surface area contributed by atoms with Gasteiger partial charge in [-0.25, -0.2) is 0 Å². The Morgan fingerprint density at radius 3 is 2.38 bits per heavy atom. The highest BCUT2D eigenvalue weighted by Crippen LogP contribution is 2.29. The maximum Gasteiger partial charge on any atom is 0.140 e. The zero-order valence-electron chi connectivity index (χ0n) is 8.72. The van der Waals surface area contributed by atoms with Crippen LogP contribution in [-0.4, -0.2) is 15.9 Å². The first-order chi connectivity index (χ1) is 7.48. The second-order valence-corrected chi connectivity index (χ2v) is 3.98. The standard InChI is InChI=1S/C12H14N2O2/c13-9-3-1-8(2-4-9)10-5-6-12(14,16)7-11(10)15/h1-6,15-16H,7,13-14H2. The molecule has 1 aromatic carbocycles. The van der Waals surface area contributed by atoms with E-state index >= 15 is 0 Å². The molecule has 2 rings (SSSR count). The van der Waals surface area contributed by atoms with Crippen molar-refractivity contribution in [2.75, 3.05) is 5.73 Å². The zero-order valence-corrected chi connectivity index (χ0v) is 8.72. The van der Waals surface area contributed by atoms with E-state index in [1.165, 1.54) is 6.08 Å². The molecule has 0 aromatic heterocycles. The van der Waals surface area contributed by atoms with E-state index in [2.05, 4.69) is 0 Å². The van der Waals surface area contributed by atoms with E-state index in [4.69, 9.17) is 11.5 Å². The summed E-state index contributed by atoms with van der Waals surface area (Å²) < 4.78 is 0. The van der Waals surface area contributed by atoms with E-state index in [1.54, 1.807) is 18.2 Å². The Kier molecular flexibility index (Phi) is 2.46. The van der Waals surface area contributed by atoms with Crippen molar-refractivity contribution < 1.29 is 10.2 Å². The summed E-state index contributed by atoms with van der Waals surface area (Å²) in [5.41, 5.74) is 11.8. The lowest BCUT2D eigenvalue weighted by Gasteiger charge is -2.23. The number of nitrogens with two attached hydrogens (primary N) is 2. The van der Waals surface area contributed by atoms with Gasteiger partial charge in [-0.15, -0.1) is 0 Å². The highest BCUT2D eigenvalue weighted by atomic mass is 16.3. The lowest BCUT2D eigenvalue weighted by molar-refractivity contribution is 0.0849. The van der Waals surface area contributed by atoms with Gasteiger partial charge in [-0.2, -0.15) is 0 Å². The van der Waals surface area contributed by atoms with Crippen LogP contribution in [0.5, 0.6) is 0 Å². The van der Waals surface area contributed by atoms with Crippen molar-refractivity contribution in [3.63, 3.8) is 0 Å². The molecule has 4 nitrogen and oxygen atoms in total. The van der Waals surface area contributed by atoms with Crippen LogP contribution in [0, 0.1) is 0 Å². The number of benzene rings is 1. The summed E-state index contributed by atoms with van der Waals surface area (Å²) in [5, 5.41) is 19.3. The highest BCUT2D eigenvalue weighted by Gasteiger charge is 2.25. The Hall–Kier alpha value is -1.78. The Balaban J connectivity index is 2.36. The quantitative estimate of drug-likeness (QED) is 0.420. The van der Waals surface area contributed by atoms with Gasteiger partial charge in [-0.3, -0.25) is 5.73 Å². The van der Waals surface area contributed by atoms with Crippen LogP contribution in [0.1, 0.15) is 12.0 Å². The average Bonchev–Trinajstić information content (AvgIpc) is 2.19. The molecule has 0 saturated carbocycles.